The number of piperazine rings is 1. The van der Waals surface area contributed by atoms with Gasteiger partial charge in [0.1, 0.15) is 5.82 Å². The van der Waals surface area contributed by atoms with E-state index in [1.807, 2.05) is 12.1 Å². The highest BCUT2D eigenvalue weighted by Gasteiger charge is 2.31. The third-order valence-corrected chi connectivity index (χ3v) is 5.73. The summed E-state index contributed by atoms with van der Waals surface area (Å²) in [4.78, 5) is 21.3. The van der Waals surface area contributed by atoms with E-state index in [4.69, 9.17) is 0 Å². The van der Waals surface area contributed by atoms with E-state index in [2.05, 4.69) is 30.9 Å². The van der Waals surface area contributed by atoms with Gasteiger partial charge in [0.25, 0.3) is 5.91 Å². The highest BCUT2D eigenvalue weighted by Crippen LogP contribution is 2.30. The SMILES string of the molecule is Cc1c(C(=O)N2CCN(c3ccc(Br)cn3)CC2)cnn1-c1cccc(C(F)(F)F)c1. The van der Waals surface area contributed by atoms with E-state index in [0.717, 1.165) is 22.4 Å². The molecule has 0 N–H and O–H groups in total. The number of hydrogen-bond acceptors (Lipinski definition) is 4. The normalized spacial score (nSPS) is 14.7. The van der Waals surface area contributed by atoms with Crippen LogP contribution in [0.15, 0.2) is 53.3 Å². The maximum atomic E-state index is 13.0. The minimum atomic E-state index is -4.45. The Morgan fingerprint density at radius 2 is 1.81 bits per heavy atom. The molecule has 3 heterocycles. The molecule has 1 aromatic carbocycles. The number of nitrogens with zero attached hydrogens (tertiary/aromatic N) is 5. The number of hydrogen-bond donors (Lipinski definition) is 0. The second kappa shape index (κ2) is 8.33. The van der Waals surface area contributed by atoms with Gasteiger partial charge in [-0.3, -0.25) is 4.79 Å². The first-order valence-corrected chi connectivity index (χ1v) is 10.4. The number of amides is 1. The number of pyridine rings is 1. The van der Waals surface area contributed by atoms with Gasteiger partial charge in [0, 0.05) is 36.8 Å². The molecule has 0 radical (unpaired) electrons. The first-order chi connectivity index (χ1) is 14.7. The molecule has 0 spiro atoms. The molecule has 1 aliphatic heterocycles. The molecule has 2 aromatic heterocycles. The summed E-state index contributed by atoms with van der Waals surface area (Å²) in [5, 5.41) is 4.17. The molecule has 31 heavy (non-hydrogen) atoms. The molecular weight excluding hydrogens is 475 g/mol. The number of alkyl halides is 3. The average molecular weight is 494 g/mol. The molecular formula is C21H19BrF3N5O. The van der Waals surface area contributed by atoms with Crippen LogP contribution in [0.2, 0.25) is 0 Å². The summed E-state index contributed by atoms with van der Waals surface area (Å²) >= 11 is 3.37. The number of halogens is 4. The molecule has 4 rings (SSSR count). The third-order valence-electron chi connectivity index (χ3n) is 5.26. The molecule has 3 aromatic rings. The standard InChI is InChI=1S/C21H19BrF3N5O/c1-14-18(13-27-30(14)17-4-2-3-15(11-17)21(23,24)25)20(31)29-9-7-28(8-10-29)19-6-5-16(22)12-26-19/h2-6,11-13H,7-10H2,1H3. The zero-order chi connectivity index (χ0) is 22.2. The molecule has 0 bridgehead atoms. The predicted octanol–water partition coefficient (Wildman–Crippen LogP) is 4.32. The topological polar surface area (TPSA) is 54.3 Å². The molecule has 0 aliphatic carbocycles. The Labute approximate surface area is 185 Å². The minimum Gasteiger partial charge on any atom is -0.353 e. The van der Waals surface area contributed by atoms with Gasteiger partial charge >= 0.3 is 6.18 Å². The molecule has 6 nitrogen and oxygen atoms in total. The second-order valence-corrected chi connectivity index (χ2v) is 8.13. The summed E-state index contributed by atoms with van der Waals surface area (Å²) in [5.74, 6) is 0.669. The summed E-state index contributed by atoms with van der Waals surface area (Å²) in [7, 11) is 0. The fourth-order valence-electron chi connectivity index (χ4n) is 3.56. The van der Waals surface area contributed by atoms with E-state index in [1.165, 1.54) is 23.0 Å². The van der Waals surface area contributed by atoms with Gasteiger partial charge in [-0.25, -0.2) is 9.67 Å². The summed E-state index contributed by atoms with van der Waals surface area (Å²) < 4.78 is 41.4. The Morgan fingerprint density at radius 1 is 1.06 bits per heavy atom. The summed E-state index contributed by atoms with van der Waals surface area (Å²) in [6, 6.07) is 8.74. The van der Waals surface area contributed by atoms with Crippen molar-refractivity contribution < 1.29 is 18.0 Å². The van der Waals surface area contributed by atoms with E-state index in [-0.39, 0.29) is 11.6 Å². The number of anilines is 1. The molecule has 1 aliphatic rings. The lowest BCUT2D eigenvalue weighted by Crippen LogP contribution is -2.49. The zero-order valence-electron chi connectivity index (χ0n) is 16.6. The van der Waals surface area contributed by atoms with Crippen molar-refractivity contribution in [2.24, 2.45) is 0 Å². The monoisotopic (exact) mass is 493 g/mol. The quantitative estimate of drug-likeness (QED) is 0.545. The van der Waals surface area contributed by atoms with Crippen LogP contribution in [0.25, 0.3) is 5.69 Å². The van der Waals surface area contributed by atoms with Crippen molar-refractivity contribution in [1.29, 1.82) is 0 Å². The van der Waals surface area contributed by atoms with Crippen molar-refractivity contribution in [3.8, 4) is 5.69 Å². The van der Waals surface area contributed by atoms with E-state index < -0.39 is 11.7 Å². The lowest BCUT2D eigenvalue weighted by Gasteiger charge is -2.35. The van der Waals surface area contributed by atoms with Crippen LogP contribution in [0.5, 0.6) is 0 Å². The smallest absolute Gasteiger partial charge is 0.353 e. The molecule has 1 amide bonds. The predicted molar refractivity (Wildman–Crippen MR) is 113 cm³/mol. The zero-order valence-corrected chi connectivity index (χ0v) is 18.2. The summed E-state index contributed by atoms with van der Waals surface area (Å²) in [6.07, 6.45) is -1.29. The van der Waals surface area contributed by atoms with Crippen LogP contribution in [-0.4, -0.2) is 51.8 Å². The third kappa shape index (κ3) is 4.43. The van der Waals surface area contributed by atoms with Gasteiger partial charge in [-0.1, -0.05) is 6.07 Å². The van der Waals surface area contributed by atoms with E-state index >= 15 is 0 Å². The summed E-state index contributed by atoms with van der Waals surface area (Å²) in [5.41, 5.74) is 0.386. The Bertz CT molecular complexity index is 1090. The fraction of sp³-hybridized carbons (Fsp3) is 0.286. The van der Waals surface area contributed by atoms with Gasteiger partial charge < -0.3 is 9.80 Å². The number of carbonyl (C=O) groups is 1. The van der Waals surface area contributed by atoms with Crippen LogP contribution in [-0.2, 0) is 6.18 Å². The highest BCUT2D eigenvalue weighted by molar-refractivity contribution is 9.10. The van der Waals surface area contributed by atoms with Crippen molar-refractivity contribution >= 4 is 27.7 Å². The Balaban J connectivity index is 1.48. The van der Waals surface area contributed by atoms with E-state index in [0.29, 0.717) is 37.4 Å². The molecule has 162 valence electrons. The highest BCUT2D eigenvalue weighted by atomic mass is 79.9. The maximum Gasteiger partial charge on any atom is 0.416 e. The van der Waals surface area contributed by atoms with E-state index in [9.17, 15) is 18.0 Å². The molecule has 0 atom stereocenters. The second-order valence-electron chi connectivity index (χ2n) is 7.22. The first kappa shape index (κ1) is 21.4. The van der Waals surface area contributed by atoms with Crippen LogP contribution in [0.3, 0.4) is 0 Å². The summed E-state index contributed by atoms with van der Waals surface area (Å²) in [6.45, 7) is 4.00. The van der Waals surface area contributed by atoms with Crippen molar-refractivity contribution in [2.75, 3.05) is 31.1 Å². The van der Waals surface area contributed by atoms with Gasteiger partial charge in [0.2, 0.25) is 0 Å². The fourth-order valence-corrected chi connectivity index (χ4v) is 3.79. The van der Waals surface area contributed by atoms with Crippen LogP contribution >= 0.6 is 15.9 Å². The Morgan fingerprint density at radius 3 is 2.45 bits per heavy atom. The molecule has 1 saturated heterocycles. The largest absolute Gasteiger partial charge is 0.416 e. The molecule has 0 unspecified atom stereocenters. The molecule has 0 saturated carbocycles. The van der Waals surface area contributed by atoms with Crippen molar-refractivity contribution in [3.63, 3.8) is 0 Å². The number of aromatic nitrogens is 3. The molecule has 10 heteroatoms. The van der Waals surface area contributed by atoms with Gasteiger partial charge in [-0.2, -0.15) is 18.3 Å². The Hall–Kier alpha value is -2.88. The van der Waals surface area contributed by atoms with Crippen LogP contribution in [0.1, 0.15) is 21.6 Å². The van der Waals surface area contributed by atoms with Crippen molar-refractivity contribution in [2.45, 2.75) is 13.1 Å². The van der Waals surface area contributed by atoms with Crippen LogP contribution in [0, 0.1) is 6.92 Å². The maximum absolute atomic E-state index is 13.0. The van der Waals surface area contributed by atoms with Crippen LogP contribution in [0.4, 0.5) is 19.0 Å². The van der Waals surface area contributed by atoms with Crippen LogP contribution < -0.4 is 4.90 Å². The van der Waals surface area contributed by atoms with E-state index in [1.54, 1.807) is 18.0 Å². The van der Waals surface area contributed by atoms with Gasteiger partial charge in [0.15, 0.2) is 0 Å². The lowest BCUT2D eigenvalue weighted by molar-refractivity contribution is -0.137. The van der Waals surface area contributed by atoms with Gasteiger partial charge in [-0.05, 0) is 53.2 Å². The minimum absolute atomic E-state index is 0.181. The number of rotatable bonds is 3. The first-order valence-electron chi connectivity index (χ1n) is 9.62. The number of benzene rings is 1. The van der Waals surface area contributed by atoms with Gasteiger partial charge in [0.05, 0.1) is 28.7 Å². The van der Waals surface area contributed by atoms with Gasteiger partial charge in [-0.15, -0.1) is 0 Å². The lowest BCUT2D eigenvalue weighted by atomic mass is 10.1. The Kier molecular flexibility index (Phi) is 5.74. The van der Waals surface area contributed by atoms with Crippen molar-refractivity contribution in [1.82, 2.24) is 19.7 Å². The van der Waals surface area contributed by atoms with Crippen molar-refractivity contribution in [3.05, 3.63) is 70.1 Å². The number of carbonyl (C=O) groups excluding carboxylic acids is 1. The molecule has 1 fully saturated rings. The average Bonchev–Trinajstić information content (AvgIpc) is 3.15.